The Bertz CT molecular complexity index is 869. The van der Waals surface area contributed by atoms with E-state index in [2.05, 4.69) is 0 Å². The number of cyclic esters (lactones) is 1. The molecule has 1 spiro atoms. The lowest BCUT2D eigenvalue weighted by Gasteiger charge is -2.38. The van der Waals surface area contributed by atoms with Gasteiger partial charge in [0.2, 0.25) is 11.8 Å². The van der Waals surface area contributed by atoms with Gasteiger partial charge in [-0.3, -0.25) is 14.4 Å². The fourth-order valence-corrected chi connectivity index (χ4v) is 6.10. The van der Waals surface area contributed by atoms with Crippen LogP contribution in [0.2, 0.25) is 0 Å². The monoisotopic (exact) mass is 474 g/mol. The number of aliphatic hydroxyl groups excluding tert-OH is 1. The molecule has 5 atom stereocenters. The Balaban J connectivity index is 1.76. The number of esters is 1. The van der Waals surface area contributed by atoms with Crippen LogP contribution in [0.25, 0.3) is 0 Å². The van der Waals surface area contributed by atoms with E-state index in [1.54, 1.807) is 9.80 Å². The molecule has 0 radical (unpaired) electrons. The second kappa shape index (κ2) is 9.82. The molecule has 2 fully saturated rings. The summed E-state index contributed by atoms with van der Waals surface area (Å²) in [5, 5.41) is 9.06. The molecule has 0 aromatic rings. The van der Waals surface area contributed by atoms with Crippen molar-refractivity contribution in [3.63, 3.8) is 0 Å². The van der Waals surface area contributed by atoms with Crippen LogP contribution in [0.1, 0.15) is 59.3 Å². The minimum atomic E-state index is -1.22. The lowest BCUT2D eigenvalue weighted by atomic mass is 9.74. The third-order valence-electron chi connectivity index (χ3n) is 7.71. The van der Waals surface area contributed by atoms with Gasteiger partial charge in [0.1, 0.15) is 17.6 Å². The molecule has 4 heterocycles. The molecule has 34 heavy (non-hydrogen) atoms. The van der Waals surface area contributed by atoms with Gasteiger partial charge in [0.15, 0.2) is 0 Å². The Kier molecular flexibility index (Phi) is 7.20. The predicted molar refractivity (Wildman–Crippen MR) is 126 cm³/mol. The molecule has 4 rings (SSSR count). The van der Waals surface area contributed by atoms with Crippen molar-refractivity contribution in [1.29, 1.82) is 0 Å². The van der Waals surface area contributed by atoms with E-state index in [-0.39, 0.29) is 24.5 Å². The molecule has 4 aliphatic rings. The van der Waals surface area contributed by atoms with Gasteiger partial charge in [-0.2, -0.15) is 0 Å². The largest absolute Gasteiger partial charge is 0.465 e. The van der Waals surface area contributed by atoms with Crippen molar-refractivity contribution < 1.29 is 29.0 Å². The summed E-state index contributed by atoms with van der Waals surface area (Å²) in [5.74, 6) is -2.42. The summed E-state index contributed by atoms with van der Waals surface area (Å²) in [6.07, 6.45) is 12.3. The Morgan fingerprint density at radius 2 is 1.82 bits per heavy atom. The van der Waals surface area contributed by atoms with Crippen LogP contribution in [0, 0.1) is 11.8 Å². The first-order valence-electron chi connectivity index (χ1n) is 12.7. The van der Waals surface area contributed by atoms with Crippen molar-refractivity contribution in [3.8, 4) is 0 Å². The summed E-state index contributed by atoms with van der Waals surface area (Å²) in [6.45, 7) is 7.06. The first-order valence-corrected chi connectivity index (χ1v) is 12.7. The van der Waals surface area contributed by atoms with Gasteiger partial charge in [0.05, 0.1) is 18.1 Å². The molecule has 8 nitrogen and oxygen atoms in total. The number of carbonyl (C=O) groups excluding carboxylic acids is 3. The second-order valence-corrected chi connectivity index (χ2v) is 10.4. The lowest BCUT2D eigenvalue weighted by Crippen LogP contribution is -2.57. The van der Waals surface area contributed by atoms with Crippen LogP contribution in [0.5, 0.6) is 0 Å². The first kappa shape index (κ1) is 24.9. The third kappa shape index (κ3) is 4.09. The molecule has 2 saturated heterocycles. The molecule has 1 N–H and O–H groups in total. The summed E-state index contributed by atoms with van der Waals surface area (Å²) >= 11 is 0. The van der Waals surface area contributed by atoms with Crippen molar-refractivity contribution in [1.82, 2.24) is 9.80 Å². The maximum atomic E-state index is 14.0. The maximum absolute atomic E-state index is 14.0. The number of nitrogens with zero attached hydrogens (tertiary/aromatic N) is 2. The van der Waals surface area contributed by atoms with Gasteiger partial charge < -0.3 is 24.4 Å². The van der Waals surface area contributed by atoms with E-state index in [1.807, 2.05) is 45.1 Å². The van der Waals surface area contributed by atoms with E-state index in [1.165, 1.54) is 0 Å². The minimum absolute atomic E-state index is 0.0353. The van der Waals surface area contributed by atoms with Crippen molar-refractivity contribution in [3.05, 3.63) is 24.3 Å². The van der Waals surface area contributed by atoms with Gasteiger partial charge in [-0.05, 0) is 46.5 Å². The van der Waals surface area contributed by atoms with Crippen molar-refractivity contribution in [2.75, 3.05) is 26.3 Å². The number of allylic oxidation sites excluding steroid dienone is 1. The maximum Gasteiger partial charge on any atom is 0.313 e. The second-order valence-electron chi connectivity index (χ2n) is 10.4. The van der Waals surface area contributed by atoms with Gasteiger partial charge >= 0.3 is 5.97 Å². The molecule has 0 bridgehead atoms. The molecule has 4 aliphatic heterocycles. The van der Waals surface area contributed by atoms with Crippen LogP contribution < -0.4 is 0 Å². The first-order chi connectivity index (χ1) is 16.3. The van der Waals surface area contributed by atoms with E-state index >= 15 is 0 Å². The molecule has 0 aromatic carbocycles. The van der Waals surface area contributed by atoms with Gasteiger partial charge in [-0.25, -0.2) is 0 Å². The van der Waals surface area contributed by atoms with E-state index in [0.717, 1.165) is 32.1 Å². The number of hydrogen-bond acceptors (Lipinski definition) is 6. The standard InChI is InChI=1S/C26H38N2O6/c1-18(2)27-15-11-13-26-19(20-24(32)33-17-10-6-7-12-25(20,3)34-26)22(30)28(21(26)23(27)31)14-8-4-5-9-16-29/h7,11-13,18-21,29H,4-6,8-10,14-17H2,1-3H3/b12-7-/t19-,20-,21?,25+,26-/m0/s1. The minimum Gasteiger partial charge on any atom is -0.465 e. The summed E-state index contributed by atoms with van der Waals surface area (Å²) in [6, 6.07) is -0.857. The highest BCUT2D eigenvalue weighted by Gasteiger charge is 2.74. The fraction of sp³-hybridized carbons (Fsp3) is 0.731. The molecule has 0 aliphatic carbocycles. The number of carbonyl (C=O) groups is 3. The van der Waals surface area contributed by atoms with Gasteiger partial charge in [0, 0.05) is 25.7 Å². The number of rotatable bonds is 7. The van der Waals surface area contributed by atoms with Crippen molar-refractivity contribution in [2.45, 2.75) is 82.6 Å². The van der Waals surface area contributed by atoms with Crippen LogP contribution in [0.3, 0.4) is 0 Å². The predicted octanol–water partition coefficient (Wildman–Crippen LogP) is 2.21. The SMILES string of the molecule is CC(C)N1CC=C[C@]23O[C@]4(C)/C=C\CCCOC(=O)[C@@H]4[C@H]2C(=O)N(CCCCCCO)C3C1=O. The van der Waals surface area contributed by atoms with Gasteiger partial charge in [-0.1, -0.05) is 37.1 Å². The topological polar surface area (TPSA) is 96.4 Å². The number of ether oxygens (including phenoxy) is 2. The Labute approximate surface area is 201 Å². The van der Waals surface area contributed by atoms with Gasteiger partial charge in [-0.15, -0.1) is 0 Å². The molecule has 188 valence electrons. The molecule has 8 heteroatoms. The zero-order valence-electron chi connectivity index (χ0n) is 20.6. The van der Waals surface area contributed by atoms with Crippen LogP contribution in [-0.4, -0.2) is 82.3 Å². The normalized spacial score (nSPS) is 36.4. The molecular weight excluding hydrogens is 436 g/mol. The van der Waals surface area contributed by atoms with Crippen LogP contribution in [-0.2, 0) is 23.9 Å². The Hall–Kier alpha value is -2.19. The van der Waals surface area contributed by atoms with Crippen LogP contribution >= 0.6 is 0 Å². The van der Waals surface area contributed by atoms with Crippen molar-refractivity contribution in [2.24, 2.45) is 11.8 Å². The van der Waals surface area contributed by atoms with E-state index in [9.17, 15) is 14.4 Å². The highest BCUT2D eigenvalue weighted by molar-refractivity contribution is 5.99. The van der Waals surface area contributed by atoms with Gasteiger partial charge in [0.25, 0.3) is 0 Å². The fourth-order valence-electron chi connectivity index (χ4n) is 6.10. The Morgan fingerprint density at radius 3 is 2.56 bits per heavy atom. The summed E-state index contributed by atoms with van der Waals surface area (Å²) in [4.78, 5) is 44.6. The number of aliphatic hydroxyl groups is 1. The highest BCUT2D eigenvalue weighted by Crippen LogP contribution is 2.57. The molecule has 1 unspecified atom stereocenters. The Morgan fingerprint density at radius 1 is 1.06 bits per heavy atom. The zero-order chi connectivity index (χ0) is 24.5. The van der Waals surface area contributed by atoms with Crippen molar-refractivity contribution >= 4 is 17.8 Å². The van der Waals surface area contributed by atoms with Crippen LogP contribution in [0.4, 0.5) is 0 Å². The molecule has 0 saturated carbocycles. The number of likely N-dealkylation sites (tertiary alicyclic amines) is 1. The molecular formula is C26H38N2O6. The third-order valence-corrected chi connectivity index (χ3v) is 7.71. The molecule has 2 amide bonds. The van der Waals surface area contributed by atoms with E-state index in [0.29, 0.717) is 26.1 Å². The summed E-state index contributed by atoms with van der Waals surface area (Å²) in [7, 11) is 0. The van der Waals surface area contributed by atoms with E-state index < -0.39 is 35.0 Å². The summed E-state index contributed by atoms with van der Waals surface area (Å²) in [5.41, 5.74) is -2.25. The van der Waals surface area contributed by atoms with E-state index in [4.69, 9.17) is 14.6 Å². The average molecular weight is 475 g/mol. The van der Waals surface area contributed by atoms with Crippen LogP contribution in [0.15, 0.2) is 24.3 Å². The number of amides is 2. The number of hydrogen-bond donors (Lipinski definition) is 1. The highest BCUT2D eigenvalue weighted by atomic mass is 16.6. The smallest absolute Gasteiger partial charge is 0.313 e. The quantitative estimate of drug-likeness (QED) is 0.345. The summed E-state index contributed by atoms with van der Waals surface area (Å²) < 4.78 is 12.3. The lowest BCUT2D eigenvalue weighted by molar-refractivity contribution is -0.159. The average Bonchev–Trinajstić information content (AvgIpc) is 3.12. The zero-order valence-corrected chi connectivity index (χ0v) is 20.6. The number of unbranched alkanes of at least 4 members (excludes halogenated alkanes) is 3. The number of fused-ring (bicyclic) bond motifs is 2. The molecule has 0 aromatic heterocycles.